The van der Waals surface area contributed by atoms with E-state index in [-0.39, 0.29) is 12.1 Å². The van der Waals surface area contributed by atoms with E-state index in [4.69, 9.17) is 11.6 Å². The van der Waals surface area contributed by atoms with Crippen LogP contribution >= 0.6 is 11.6 Å². The number of ether oxygens (including phenoxy) is 1. The molecule has 0 spiro atoms. The van der Waals surface area contributed by atoms with Crippen molar-refractivity contribution in [1.82, 2.24) is 0 Å². The Morgan fingerprint density at radius 3 is 2.00 bits per heavy atom. The molecule has 0 aromatic heterocycles. The number of carbonyl (C=O) groups excluding carboxylic acids is 1. The van der Waals surface area contributed by atoms with E-state index in [1.807, 2.05) is 0 Å². The molecule has 19 heavy (non-hydrogen) atoms. The highest BCUT2D eigenvalue weighted by Crippen LogP contribution is 2.40. The van der Waals surface area contributed by atoms with Crippen LogP contribution in [0.5, 0.6) is 0 Å². The van der Waals surface area contributed by atoms with Crippen molar-refractivity contribution in [2.24, 2.45) is 0 Å². The highest BCUT2D eigenvalue weighted by atomic mass is 35.5. The molecule has 0 N–H and O–H groups in total. The van der Waals surface area contributed by atoms with Crippen LogP contribution in [0.25, 0.3) is 0 Å². The third-order valence-electron chi connectivity index (χ3n) is 2.11. The van der Waals surface area contributed by atoms with E-state index in [9.17, 15) is 31.1 Å². The number of methoxy groups -OCH3 is 1. The van der Waals surface area contributed by atoms with Crippen molar-refractivity contribution >= 4 is 17.6 Å². The molecule has 0 saturated heterocycles. The van der Waals surface area contributed by atoms with Gasteiger partial charge in [-0.25, -0.2) is 4.79 Å². The fraction of sp³-hybridized carbons (Fsp3) is 0.300. The van der Waals surface area contributed by atoms with Gasteiger partial charge >= 0.3 is 18.3 Å². The molecule has 0 aliphatic rings. The Morgan fingerprint density at radius 2 is 1.63 bits per heavy atom. The first-order valence-corrected chi connectivity index (χ1v) is 4.92. The van der Waals surface area contributed by atoms with E-state index in [0.29, 0.717) is 0 Å². The van der Waals surface area contributed by atoms with Gasteiger partial charge in [0.15, 0.2) is 0 Å². The number of alkyl halides is 6. The fourth-order valence-electron chi connectivity index (χ4n) is 1.30. The molecule has 0 heterocycles. The van der Waals surface area contributed by atoms with Crippen molar-refractivity contribution in [1.29, 1.82) is 0 Å². The largest absolute Gasteiger partial charge is 0.465 e. The molecule has 1 aromatic carbocycles. The molecular formula is C10H5ClF6O2. The topological polar surface area (TPSA) is 26.3 Å². The van der Waals surface area contributed by atoms with Crippen LogP contribution in [-0.2, 0) is 17.1 Å². The van der Waals surface area contributed by atoms with Crippen molar-refractivity contribution in [2.45, 2.75) is 12.4 Å². The first-order valence-electron chi connectivity index (χ1n) is 4.54. The number of carbonyl (C=O) groups is 1. The van der Waals surface area contributed by atoms with Gasteiger partial charge in [0.05, 0.1) is 28.8 Å². The lowest BCUT2D eigenvalue weighted by molar-refractivity contribution is -0.143. The molecule has 0 aliphatic carbocycles. The molecule has 0 unspecified atom stereocenters. The SMILES string of the molecule is COC(=O)c1c(Cl)cc(C(F)(F)F)cc1C(F)(F)F. The second-order valence-corrected chi connectivity index (χ2v) is 3.77. The predicted octanol–water partition coefficient (Wildman–Crippen LogP) is 4.16. The predicted molar refractivity (Wildman–Crippen MR) is 52.8 cm³/mol. The van der Waals surface area contributed by atoms with Crippen LogP contribution in [-0.4, -0.2) is 13.1 Å². The molecule has 0 saturated carbocycles. The van der Waals surface area contributed by atoms with E-state index >= 15 is 0 Å². The normalized spacial score (nSPS) is 12.4. The molecule has 0 aliphatic heterocycles. The van der Waals surface area contributed by atoms with E-state index < -0.39 is 40.0 Å². The van der Waals surface area contributed by atoms with Crippen molar-refractivity contribution < 1.29 is 35.9 Å². The van der Waals surface area contributed by atoms with E-state index in [2.05, 4.69) is 4.74 Å². The Morgan fingerprint density at radius 1 is 1.11 bits per heavy atom. The van der Waals surface area contributed by atoms with Gasteiger partial charge < -0.3 is 4.74 Å². The molecule has 2 nitrogen and oxygen atoms in total. The molecule has 0 radical (unpaired) electrons. The van der Waals surface area contributed by atoms with Crippen molar-refractivity contribution in [3.05, 3.63) is 33.8 Å². The van der Waals surface area contributed by atoms with Gasteiger partial charge in [0.2, 0.25) is 0 Å². The maximum Gasteiger partial charge on any atom is 0.417 e. The number of esters is 1. The van der Waals surface area contributed by atoms with Crippen LogP contribution in [0.4, 0.5) is 26.3 Å². The van der Waals surface area contributed by atoms with Crippen LogP contribution in [0, 0.1) is 0 Å². The molecule has 0 bridgehead atoms. The molecular weight excluding hydrogens is 302 g/mol. The third kappa shape index (κ3) is 3.31. The number of halogens is 7. The Balaban J connectivity index is 3.62. The summed E-state index contributed by atoms with van der Waals surface area (Å²) < 4.78 is 79.3. The summed E-state index contributed by atoms with van der Waals surface area (Å²) >= 11 is 5.32. The average Bonchev–Trinajstić information content (AvgIpc) is 2.24. The molecule has 0 amide bonds. The summed E-state index contributed by atoms with van der Waals surface area (Å²) in [6, 6.07) is 0.0567. The van der Waals surface area contributed by atoms with E-state index in [1.54, 1.807) is 0 Å². The number of benzene rings is 1. The number of hydrogen-bond donors (Lipinski definition) is 0. The summed E-state index contributed by atoms with van der Waals surface area (Å²) in [4.78, 5) is 11.2. The average molecular weight is 307 g/mol. The lowest BCUT2D eigenvalue weighted by Crippen LogP contribution is -2.17. The molecule has 0 atom stereocenters. The smallest absolute Gasteiger partial charge is 0.417 e. The zero-order valence-electron chi connectivity index (χ0n) is 9.12. The summed E-state index contributed by atoms with van der Waals surface area (Å²) in [5, 5.41) is -0.978. The van der Waals surface area contributed by atoms with Gasteiger partial charge in [-0.15, -0.1) is 0 Å². The quantitative estimate of drug-likeness (QED) is 0.575. The van der Waals surface area contributed by atoms with Gasteiger partial charge in [0.1, 0.15) is 0 Å². The maximum absolute atomic E-state index is 12.7. The van der Waals surface area contributed by atoms with Crippen LogP contribution in [0.1, 0.15) is 21.5 Å². The molecule has 1 rings (SSSR count). The van der Waals surface area contributed by atoms with Crippen molar-refractivity contribution in [3.8, 4) is 0 Å². The van der Waals surface area contributed by atoms with Crippen LogP contribution in [0.15, 0.2) is 12.1 Å². The third-order valence-corrected chi connectivity index (χ3v) is 2.41. The molecule has 1 aromatic rings. The number of rotatable bonds is 1. The highest BCUT2D eigenvalue weighted by molar-refractivity contribution is 6.33. The lowest BCUT2D eigenvalue weighted by Gasteiger charge is -2.16. The Bertz CT molecular complexity index is 506. The Labute approximate surface area is 107 Å². The van der Waals surface area contributed by atoms with Gasteiger partial charge in [-0.1, -0.05) is 11.6 Å². The summed E-state index contributed by atoms with van der Waals surface area (Å²) in [5.74, 6) is -1.47. The van der Waals surface area contributed by atoms with Crippen LogP contribution in [0.2, 0.25) is 5.02 Å². The van der Waals surface area contributed by atoms with E-state index in [0.717, 1.165) is 7.11 Å². The first kappa shape index (κ1) is 15.6. The van der Waals surface area contributed by atoms with Gasteiger partial charge in [0, 0.05) is 0 Å². The zero-order valence-corrected chi connectivity index (χ0v) is 9.87. The summed E-state index contributed by atoms with van der Waals surface area (Å²) in [7, 11) is 0.788. The second-order valence-electron chi connectivity index (χ2n) is 3.37. The minimum absolute atomic E-state index is 0.182. The van der Waals surface area contributed by atoms with Gasteiger partial charge in [-0.3, -0.25) is 0 Å². The molecule has 106 valence electrons. The zero-order chi connectivity index (χ0) is 15.0. The fourth-order valence-corrected chi connectivity index (χ4v) is 1.60. The first-order chi connectivity index (χ1) is 8.48. The van der Waals surface area contributed by atoms with Crippen LogP contribution in [0.3, 0.4) is 0 Å². The summed E-state index contributed by atoms with van der Waals surface area (Å²) in [6.45, 7) is 0. The van der Waals surface area contributed by atoms with Crippen LogP contribution < -0.4 is 0 Å². The van der Waals surface area contributed by atoms with Crippen molar-refractivity contribution in [3.63, 3.8) is 0 Å². The van der Waals surface area contributed by atoms with Gasteiger partial charge in [-0.05, 0) is 12.1 Å². The van der Waals surface area contributed by atoms with E-state index in [1.165, 1.54) is 0 Å². The van der Waals surface area contributed by atoms with Gasteiger partial charge in [0.25, 0.3) is 0 Å². The minimum Gasteiger partial charge on any atom is -0.465 e. The molecule has 0 fully saturated rings. The highest BCUT2D eigenvalue weighted by Gasteiger charge is 2.41. The number of hydrogen-bond acceptors (Lipinski definition) is 2. The summed E-state index contributed by atoms with van der Waals surface area (Å²) in [6.07, 6.45) is -10.2. The summed E-state index contributed by atoms with van der Waals surface area (Å²) in [5.41, 5.74) is -4.54. The Kier molecular flexibility index (Phi) is 4.04. The second kappa shape index (κ2) is 4.92. The minimum atomic E-state index is -5.17. The van der Waals surface area contributed by atoms with Crippen molar-refractivity contribution in [2.75, 3.05) is 7.11 Å². The monoisotopic (exact) mass is 306 g/mol. The standard InChI is InChI=1S/C10H5ClF6O2/c1-19-8(18)7-5(10(15,16)17)2-4(3-6(7)11)9(12,13)14/h2-3H,1H3. The lowest BCUT2D eigenvalue weighted by atomic mass is 10.0. The Hall–Kier alpha value is -1.44. The maximum atomic E-state index is 12.7. The molecule has 9 heteroatoms. The van der Waals surface area contributed by atoms with Gasteiger partial charge in [-0.2, -0.15) is 26.3 Å².